The van der Waals surface area contributed by atoms with Gasteiger partial charge in [-0.1, -0.05) is 42.5 Å². The molecule has 128 valence electrons. The average Bonchev–Trinajstić information content (AvgIpc) is 2.61. The molecule has 2 atom stereocenters. The summed E-state index contributed by atoms with van der Waals surface area (Å²) in [6, 6.07) is 15.5. The molecule has 1 aliphatic rings. The molecule has 4 heteroatoms. The van der Waals surface area contributed by atoms with Crippen molar-refractivity contribution >= 4 is 0 Å². The fourth-order valence-corrected chi connectivity index (χ4v) is 3.35. The molecule has 0 aliphatic heterocycles. The molecule has 2 aromatic carbocycles. The van der Waals surface area contributed by atoms with Crippen LogP contribution in [0.25, 0.3) is 0 Å². The van der Waals surface area contributed by atoms with Gasteiger partial charge in [0.1, 0.15) is 24.5 Å². The molecule has 0 aromatic heterocycles. The summed E-state index contributed by atoms with van der Waals surface area (Å²) in [5.74, 6) is -0.266. The highest BCUT2D eigenvalue weighted by atomic mass is 19.1. The Morgan fingerprint density at radius 2 is 1.96 bits per heavy atom. The lowest BCUT2D eigenvalue weighted by Crippen LogP contribution is -2.87. The SMILES string of the molecule is O[C@@H](C[NH2+][C@H]1CCCc2ccccc21)COCc1ccccc1F. The molecule has 0 amide bonds. The summed E-state index contributed by atoms with van der Waals surface area (Å²) in [5.41, 5.74) is 3.34. The van der Waals surface area contributed by atoms with Crippen molar-refractivity contribution < 1.29 is 19.6 Å². The number of hydrogen-bond donors (Lipinski definition) is 2. The summed E-state index contributed by atoms with van der Waals surface area (Å²) in [6.07, 6.45) is 2.93. The van der Waals surface area contributed by atoms with Gasteiger partial charge in [-0.05, 0) is 24.5 Å². The molecule has 0 radical (unpaired) electrons. The van der Waals surface area contributed by atoms with Gasteiger partial charge in [-0.2, -0.15) is 0 Å². The molecule has 0 saturated heterocycles. The van der Waals surface area contributed by atoms with Gasteiger partial charge in [-0.3, -0.25) is 0 Å². The van der Waals surface area contributed by atoms with E-state index in [1.165, 1.54) is 23.6 Å². The fourth-order valence-electron chi connectivity index (χ4n) is 3.35. The third kappa shape index (κ3) is 4.41. The lowest BCUT2D eigenvalue weighted by Gasteiger charge is -2.24. The summed E-state index contributed by atoms with van der Waals surface area (Å²) < 4.78 is 19.0. The normalized spacial score (nSPS) is 18.2. The number of fused-ring (bicyclic) bond motifs is 1. The van der Waals surface area contributed by atoms with E-state index in [-0.39, 0.29) is 19.0 Å². The van der Waals surface area contributed by atoms with Crippen LogP contribution in [0.2, 0.25) is 0 Å². The number of hydrogen-bond acceptors (Lipinski definition) is 2. The molecule has 0 spiro atoms. The second kappa shape index (κ2) is 8.38. The summed E-state index contributed by atoms with van der Waals surface area (Å²) in [4.78, 5) is 0. The van der Waals surface area contributed by atoms with Crippen LogP contribution in [0.15, 0.2) is 48.5 Å². The van der Waals surface area contributed by atoms with Crippen LogP contribution in [0.1, 0.15) is 35.6 Å². The molecular formula is C20H25FNO2+. The largest absolute Gasteiger partial charge is 0.385 e. The Labute approximate surface area is 142 Å². The maximum atomic E-state index is 13.5. The van der Waals surface area contributed by atoms with Crippen LogP contribution in [0, 0.1) is 5.82 Å². The Morgan fingerprint density at radius 1 is 1.17 bits per heavy atom. The Bertz CT molecular complexity index is 662. The zero-order valence-corrected chi connectivity index (χ0v) is 13.8. The minimum absolute atomic E-state index is 0.190. The van der Waals surface area contributed by atoms with Gasteiger partial charge in [-0.25, -0.2) is 4.39 Å². The number of rotatable bonds is 7. The number of benzene rings is 2. The zero-order chi connectivity index (χ0) is 16.8. The Hall–Kier alpha value is -1.75. The average molecular weight is 330 g/mol. The van der Waals surface area contributed by atoms with Crippen LogP contribution in [0.5, 0.6) is 0 Å². The van der Waals surface area contributed by atoms with Crippen molar-refractivity contribution in [1.82, 2.24) is 0 Å². The summed E-state index contributed by atoms with van der Waals surface area (Å²) in [6.45, 7) is 1.01. The zero-order valence-electron chi connectivity index (χ0n) is 13.8. The second-order valence-corrected chi connectivity index (χ2v) is 6.43. The van der Waals surface area contributed by atoms with Crippen LogP contribution in [-0.2, 0) is 17.8 Å². The monoisotopic (exact) mass is 330 g/mol. The van der Waals surface area contributed by atoms with E-state index in [0.717, 1.165) is 12.8 Å². The van der Waals surface area contributed by atoms with Gasteiger partial charge < -0.3 is 15.2 Å². The first-order valence-corrected chi connectivity index (χ1v) is 8.64. The van der Waals surface area contributed by atoms with Gasteiger partial charge >= 0.3 is 0 Å². The summed E-state index contributed by atoms with van der Waals surface area (Å²) in [5, 5.41) is 12.3. The number of halogens is 1. The number of aliphatic hydroxyl groups is 1. The van der Waals surface area contributed by atoms with E-state index in [1.807, 2.05) is 0 Å². The van der Waals surface area contributed by atoms with Crippen molar-refractivity contribution in [2.24, 2.45) is 0 Å². The lowest BCUT2D eigenvalue weighted by molar-refractivity contribution is -0.703. The van der Waals surface area contributed by atoms with Crippen LogP contribution in [-0.4, -0.2) is 24.4 Å². The standard InChI is InChI=1S/C20H24FNO2/c21-19-10-4-2-7-16(19)13-24-14-17(23)12-22-20-11-5-8-15-6-1-3-9-18(15)20/h1-4,6-7,9-10,17,20,22-23H,5,8,11-14H2/p+1/t17-,20-/m0/s1. The number of aliphatic hydroxyl groups excluding tert-OH is 1. The Balaban J connectivity index is 1.43. The number of nitrogens with two attached hydrogens (primary N) is 1. The highest BCUT2D eigenvalue weighted by Gasteiger charge is 2.23. The smallest absolute Gasteiger partial charge is 0.128 e. The van der Waals surface area contributed by atoms with E-state index in [1.54, 1.807) is 18.2 Å². The molecule has 2 aromatic rings. The topological polar surface area (TPSA) is 46.1 Å². The van der Waals surface area contributed by atoms with Gasteiger partial charge in [-0.15, -0.1) is 0 Å². The summed E-state index contributed by atoms with van der Waals surface area (Å²) in [7, 11) is 0. The van der Waals surface area contributed by atoms with Gasteiger partial charge in [0, 0.05) is 17.5 Å². The first kappa shape index (κ1) is 17.1. The first-order valence-electron chi connectivity index (χ1n) is 8.64. The van der Waals surface area contributed by atoms with E-state index in [4.69, 9.17) is 4.74 Å². The van der Waals surface area contributed by atoms with Gasteiger partial charge in [0.05, 0.1) is 13.2 Å². The van der Waals surface area contributed by atoms with Crippen molar-refractivity contribution in [2.75, 3.05) is 13.2 Å². The van der Waals surface area contributed by atoms with Gasteiger partial charge in [0.15, 0.2) is 0 Å². The van der Waals surface area contributed by atoms with Crippen molar-refractivity contribution in [3.63, 3.8) is 0 Å². The van der Waals surface area contributed by atoms with Crippen LogP contribution >= 0.6 is 0 Å². The molecule has 0 unspecified atom stereocenters. The molecule has 0 fully saturated rings. The molecule has 0 heterocycles. The molecule has 0 bridgehead atoms. The van der Waals surface area contributed by atoms with E-state index >= 15 is 0 Å². The maximum Gasteiger partial charge on any atom is 0.128 e. The first-order chi connectivity index (χ1) is 11.7. The minimum Gasteiger partial charge on any atom is -0.385 e. The molecule has 3 nitrogen and oxygen atoms in total. The van der Waals surface area contributed by atoms with E-state index < -0.39 is 6.10 Å². The molecule has 1 aliphatic carbocycles. The van der Waals surface area contributed by atoms with Crippen LogP contribution in [0.4, 0.5) is 4.39 Å². The number of ether oxygens (including phenoxy) is 1. The maximum absolute atomic E-state index is 13.5. The highest BCUT2D eigenvalue weighted by Crippen LogP contribution is 2.26. The van der Waals surface area contributed by atoms with E-state index in [2.05, 4.69) is 29.6 Å². The predicted octanol–water partition coefficient (Wildman–Crippen LogP) is 2.34. The molecule has 3 rings (SSSR count). The minimum atomic E-state index is -0.550. The number of quaternary nitrogens is 1. The quantitative estimate of drug-likeness (QED) is 0.818. The summed E-state index contributed by atoms with van der Waals surface area (Å²) >= 11 is 0. The van der Waals surface area contributed by atoms with E-state index in [9.17, 15) is 9.50 Å². The number of aryl methyl sites for hydroxylation is 1. The molecule has 3 N–H and O–H groups in total. The van der Waals surface area contributed by atoms with Crippen molar-refractivity contribution in [3.8, 4) is 0 Å². The Morgan fingerprint density at radius 3 is 2.83 bits per heavy atom. The predicted molar refractivity (Wildman–Crippen MR) is 91.0 cm³/mol. The van der Waals surface area contributed by atoms with Gasteiger partial charge in [0.2, 0.25) is 0 Å². The van der Waals surface area contributed by atoms with Crippen LogP contribution < -0.4 is 5.32 Å². The molecule has 0 saturated carbocycles. The fraction of sp³-hybridized carbons (Fsp3) is 0.400. The van der Waals surface area contributed by atoms with Gasteiger partial charge in [0.25, 0.3) is 0 Å². The molecular weight excluding hydrogens is 305 g/mol. The lowest BCUT2D eigenvalue weighted by atomic mass is 9.88. The van der Waals surface area contributed by atoms with E-state index in [0.29, 0.717) is 18.2 Å². The molecule has 24 heavy (non-hydrogen) atoms. The highest BCUT2D eigenvalue weighted by molar-refractivity contribution is 5.30. The van der Waals surface area contributed by atoms with Crippen LogP contribution in [0.3, 0.4) is 0 Å². The third-order valence-corrected chi connectivity index (χ3v) is 4.63. The second-order valence-electron chi connectivity index (χ2n) is 6.43. The Kier molecular flexibility index (Phi) is 5.96. The van der Waals surface area contributed by atoms with Crippen molar-refractivity contribution in [1.29, 1.82) is 0 Å². The third-order valence-electron chi connectivity index (χ3n) is 4.63. The van der Waals surface area contributed by atoms with Crippen molar-refractivity contribution in [2.45, 2.75) is 38.0 Å². The van der Waals surface area contributed by atoms with Crippen molar-refractivity contribution in [3.05, 3.63) is 71.0 Å².